The Hall–Kier alpha value is -3.70. The Balaban J connectivity index is 5.74. The minimum atomic E-state index is -1.59. The lowest BCUT2D eigenvalue weighted by Crippen LogP contribution is -2.60. The Morgan fingerprint density at radius 3 is 1.62 bits per heavy atom. The summed E-state index contributed by atoms with van der Waals surface area (Å²) in [5.41, 5.74) is 11.4. The zero-order valence-electron chi connectivity index (χ0n) is 30.4. The molecule has 0 aromatic carbocycles. The minimum absolute atomic E-state index is 0.0378. The number of carbonyl (C=O) groups excluding carboxylic acids is 7. The van der Waals surface area contributed by atoms with Gasteiger partial charge in [-0.25, -0.2) is 4.79 Å². The number of nitrogens with one attached hydrogen (secondary N) is 7. The zero-order chi connectivity index (χ0) is 40.8. The summed E-state index contributed by atoms with van der Waals surface area (Å²) < 4.78 is 0. The molecule has 0 saturated heterocycles. The molecule has 0 rings (SSSR count). The summed E-state index contributed by atoms with van der Waals surface area (Å²) in [6.45, 7) is 4.66. The van der Waals surface area contributed by atoms with Crippen LogP contribution in [0.4, 0.5) is 0 Å². The van der Waals surface area contributed by atoms with Gasteiger partial charge in [0.25, 0.3) is 0 Å². The molecular formula is C31H57N9O11S2. The average molecular weight is 796 g/mol. The van der Waals surface area contributed by atoms with Crippen molar-refractivity contribution < 1.29 is 53.7 Å². The number of nitrogens with two attached hydrogens (primary N) is 2. The van der Waals surface area contributed by atoms with Crippen LogP contribution in [0.5, 0.6) is 0 Å². The maximum absolute atomic E-state index is 13.6. The van der Waals surface area contributed by atoms with E-state index in [0.717, 1.165) is 0 Å². The van der Waals surface area contributed by atoms with Crippen molar-refractivity contribution in [2.45, 2.75) is 95.7 Å². The largest absolute Gasteiger partial charge is 0.480 e. The number of aliphatic hydroxyl groups excluding tert-OH is 2. The number of carboxylic acids is 1. The average Bonchev–Trinajstić information content (AvgIpc) is 3.10. The lowest BCUT2D eigenvalue weighted by Gasteiger charge is -2.28. The van der Waals surface area contributed by atoms with Gasteiger partial charge in [-0.1, -0.05) is 27.7 Å². The van der Waals surface area contributed by atoms with E-state index >= 15 is 0 Å². The molecule has 7 atom stereocenters. The number of hydrogen-bond acceptors (Lipinski definition) is 14. The van der Waals surface area contributed by atoms with E-state index in [2.05, 4.69) is 62.5 Å². The first-order chi connectivity index (χ1) is 24.9. The highest BCUT2D eigenvalue weighted by Gasteiger charge is 2.33. The van der Waals surface area contributed by atoms with Crippen LogP contribution in [0.15, 0.2) is 0 Å². The summed E-state index contributed by atoms with van der Waals surface area (Å²) in [6, 6.07) is -8.96. The highest BCUT2D eigenvalue weighted by molar-refractivity contribution is 7.80. The number of carbonyl (C=O) groups is 8. The van der Waals surface area contributed by atoms with E-state index < -0.39 is 115 Å². The third-order valence-electron chi connectivity index (χ3n) is 7.57. The number of unbranched alkanes of at least 4 members (excludes halogenated alkanes) is 1. The molecular weight excluding hydrogens is 739 g/mol. The molecule has 14 N–H and O–H groups in total. The molecule has 53 heavy (non-hydrogen) atoms. The van der Waals surface area contributed by atoms with Gasteiger partial charge in [-0.2, -0.15) is 25.3 Å². The van der Waals surface area contributed by atoms with E-state index in [1.807, 2.05) is 0 Å². The van der Waals surface area contributed by atoms with Crippen LogP contribution < -0.4 is 48.7 Å². The van der Waals surface area contributed by atoms with Gasteiger partial charge < -0.3 is 64.0 Å². The summed E-state index contributed by atoms with van der Waals surface area (Å²) in [5, 5.41) is 45.0. The highest BCUT2D eigenvalue weighted by Crippen LogP contribution is 2.10. The topological polar surface area (TPSA) is 333 Å². The van der Waals surface area contributed by atoms with Gasteiger partial charge in [-0.15, -0.1) is 0 Å². The van der Waals surface area contributed by atoms with E-state index in [4.69, 9.17) is 16.6 Å². The number of amides is 7. The Labute approximate surface area is 319 Å². The fraction of sp³-hybridized carbons (Fsp3) is 0.742. The molecule has 22 heteroatoms. The highest BCUT2D eigenvalue weighted by atomic mass is 32.1. The summed E-state index contributed by atoms with van der Waals surface area (Å²) >= 11 is 7.82. The van der Waals surface area contributed by atoms with E-state index in [1.165, 1.54) is 0 Å². The number of thiol groups is 2. The smallest absolute Gasteiger partial charge is 0.327 e. The fourth-order valence-corrected chi connectivity index (χ4v) is 4.94. The Morgan fingerprint density at radius 1 is 0.623 bits per heavy atom. The first-order valence-electron chi connectivity index (χ1n) is 17.1. The molecule has 0 aliphatic rings. The Bertz CT molecular complexity index is 1250. The fourth-order valence-electron chi connectivity index (χ4n) is 4.53. The van der Waals surface area contributed by atoms with Gasteiger partial charge >= 0.3 is 5.97 Å². The maximum Gasteiger partial charge on any atom is 0.327 e. The van der Waals surface area contributed by atoms with Crippen molar-refractivity contribution in [1.82, 2.24) is 37.2 Å². The second kappa shape index (κ2) is 26.1. The molecule has 0 aromatic rings. The molecule has 0 aromatic heterocycles. The molecule has 0 saturated carbocycles. The van der Waals surface area contributed by atoms with Crippen LogP contribution in [0, 0.1) is 11.8 Å². The van der Waals surface area contributed by atoms with Gasteiger partial charge in [0.05, 0.1) is 25.8 Å². The number of hydrogen-bond donors (Lipinski definition) is 14. The number of carboxylic acid groups (broad SMARTS) is 1. The lowest BCUT2D eigenvalue weighted by molar-refractivity contribution is -0.141. The quantitative estimate of drug-likeness (QED) is 0.0289. The van der Waals surface area contributed by atoms with Crippen molar-refractivity contribution in [2.75, 3.05) is 37.8 Å². The molecule has 0 unspecified atom stereocenters. The van der Waals surface area contributed by atoms with Gasteiger partial charge in [-0.05, 0) is 44.1 Å². The third-order valence-corrected chi connectivity index (χ3v) is 8.33. The van der Waals surface area contributed by atoms with Crippen LogP contribution >= 0.6 is 25.3 Å². The summed E-state index contributed by atoms with van der Waals surface area (Å²) in [5.74, 6) is -8.03. The molecule has 0 radical (unpaired) electrons. The molecule has 0 bridgehead atoms. The molecule has 0 aliphatic heterocycles. The number of rotatable bonds is 26. The van der Waals surface area contributed by atoms with E-state index in [9.17, 15) is 48.6 Å². The molecule has 0 fully saturated rings. The van der Waals surface area contributed by atoms with E-state index in [1.54, 1.807) is 27.7 Å². The third kappa shape index (κ3) is 18.8. The Morgan fingerprint density at radius 2 is 1.13 bits per heavy atom. The van der Waals surface area contributed by atoms with E-state index in [-0.39, 0.29) is 30.3 Å². The first-order valence-corrected chi connectivity index (χ1v) is 18.3. The second-order valence-corrected chi connectivity index (χ2v) is 13.6. The predicted octanol–water partition coefficient (Wildman–Crippen LogP) is -4.90. The first kappa shape index (κ1) is 49.3. The molecule has 0 spiro atoms. The van der Waals surface area contributed by atoms with Crippen LogP contribution in [-0.4, -0.2) is 143 Å². The van der Waals surface area contributed by atoms with Crippen molar-refractivity contribution in [3.05, 3.63) is 0 Å². The second-order valence-electron chi connectivity index (χ2n) is 12.9. The molecule has 0 heterocycles. The standard InChI is InChI=1S/C31H57N9O11S2/c1-15(2)9-19(37-27(46)18(7-5-6-8-32)36-30(49)24(16(3)4)40-25(44)17(33)13-52)28(47)38-20(11-41)26(45)34-10-23(43)35-21(12-42)29(48)39-22(14-53)31(50)51/h15-22,24,41-42,52-53H,5-14,32-33H2,1-4H3,(H,34,45)(H,35,43)(H,36,49)(H,37,46)(H,38,47)(H,39,48)(H,40,44)(H,50,51)/t17-,18-,19-,20-,21-,22-,24-/m0/s1. The van der Waals surface area contributed by atoms with Crippen molar-refractivity contribution in [1.29, 1.82) is 0 Å². The van der Waals surface area contributed by atoms with E-state index in [0.29, 0.717) is 19.4 Å². The van der Waals surface area contributed by atoms with Crippen molar-refractivity contribution in [2.24, 2.45) is 23.3 Å². The summed E-state index contributed by atoms with van der Waals surface area (Å²) in [7, 11) is 0. The molecule has 20 nitrogen and oxygen atoms in total. The van der Waals surface area contributed by atoms with Crippen molar-refractivity contribution in [3.63, 3.8) is 0 Å². The SMILES string of the molecule is CC(C)C[C@H](NC(=O)[C@H](CCCCN)NC(=O)[C@@H](NC(=O)[C@@H](N)CS)C(C)C)C(=O)N[C@@H](CO)C(=O)NCC(=O)N[C@@H](CO)C(=O)N[C@@H](CS)C(=O)O. The normalized spacial score (nSPS) is 15.1. The number of aliphatic hydroxyl groups is 2. The van der Waals surface area contributed by atoms with Crippen molar-refractivity contribution in [3.8, 4) is 0 Å². The maximum atomic E-state index is 13.6. The zero-order valence-corrected chi connectivity index (χ0v) is 32.2. The lowest BCUT2D eigenvalue weighted by atomic mass is 10.00. The van der Waals surface area contributed by atoms with Crippen LogP contribution in [0.25, 0.3) is 0 Å². The summed E-state index contributed by atoms with van der Waals surface area (Å²) in [4.78, 5) is 101. The summed E-state index contributed by atoms with van der Waals surface area (Å²) in [6.07, 6.45) is 1.17. The molecule has 304 valence electrons. The molecule has 0 aliphatic carbocycles. The van der Waals surface area contributed by atoms with Gasteiger partial charge in [0.2, 0.25) is 41.4 Å². The monoisotopic (exact) mass is 795 g/mol. The van der Waals surface area contributed by atoms with Gasteiger partial charge in [0.1, 0.15) is 36.3 Å². The van der Waals surface area contributed by atoms with Crippen LogP contribution in [-0.2, 0) is 38.4 Å². The van der Waals surface area contributed by atoms with Crippen LogP contribution in [0.2, 0.25) is 0 Å². The van der Waals surface area contributed by atoms with Crippen LogP contribution in [0.3, 0.4) is 0 Å². The van der Waals surface area contributed by atoms with Gasteiger partial charge in [0.15, 0.2) is 0 Å². The predicted molar refractivity (Wildman–Crippen MR) is 199 cm³/mol. The van der Waals surface area contributed by atoms with Gasteiger partial charge in [-0.3, -0.25) is 33.6 Å². The van der Waals surface area contributed by atoms with Crippen LogP contribution in [0.1, 0.15) is 53.4 Å². The Kier molecular flexibility index (Phi) is 24.3. The minimum Gasteiger partial charge on any atom is -0.480 e. The van der Waals surface area contributed by atoms with Crippen molar-refractivity contribution >= 4 is 72.6 Å². The molecule has 7 amide bonds. The van der Waals surface area contributed by atoms with Gasteiger partial charge in [0, 0.05) is 11.5 Å². The number of aliphatic carboxylic acids is 1.